The number of rotatable bonds is 7. The highest BCUT2D eigenvalue weighted by Gasteiger charge is 2.18. The van der Waals surface area contributed by atoms with Gasteiger partial charge in [-0.3, -0.25) is 4.79 Å². The second-order valence-electron chi connectivity index (χ2n) is 5.52. The van der Waals surface area contributed by atoms with E-state index in [2.05, 4.69) is 11.1 Å². The number of hydrogen-bond donors (Lipinski definition) is 0. The van der Waals surface area contributed by atoms with Gasteiger partial charge in [-0.15, -0.1) is 0 Å². The summed E-state index contributed by atoms with van der Waals surface area (Å²) in [6.07, 6.45) is 1.61. The lowest BCUT2D eigenvalue weighted by molar-refractivity contribution is 0.0765. The lowest BCUT2D eigenvalue weighted by Gasteiger charge is -2.25. The Bertz CT molecular complexity index is 770. The quantitative estimate of drug-likeness (QED) is 0.776. The molecule has 0 N–H and O–H groups in total. The molecule has 0 unspecified atom stereocenters. The number of nitrogens with zero attached hydrogens (tertiary/aromatic N) is 4. The number of benzene rings is 1. The molecule has 2 rings (SSSR count). The van der Waals surface area contributed by atoms with Gasteiger partial charge in [0.2, 0.25) is 0 Å². The van der Waals surface area contributed by atoms with Crippen molar-refractivity contribution < 1.29 is 9.53 Å². The van der Waals surface area contributed by atoms with Crippen molar-refractivity contribution in [3.05, 3.63) is 53.7 Å². The molecule has 6 heteroatoms. The second kappa shape index (κ2) is 8.69. The SMILES string of the molecule is CCN(CCN(C)c1cc(C#N)ccn1)C(=O)c1ccccc1OC. The summed E-state index contributed by atoms with van der Waals surface area (Å²) in [7, 11) is 3.45. The monoisotopic (exact) mass is 338 g/mol. The highest BCUT2D eigenvalue weighted by atomic mass is 16.5. The van der Waals surface area contributed by atoms with E-state index >= 15 is 0 Å². The molecule has 0 bridgehead atoms. The van der Waals surface area contributed by atoms with Gasteiger partial charge in [0.25, 0.3) is 5.91 Å². The molecule has 1 heterocycles. The van der Waals surface area contributed by atoms with Crippen LogP contribution in [0.4, 0.5) is 5.82 Å². The molecule has 1 amide bonds. The molecule has 0 spiro atoms. The first-order valence-electron chi connectivity index (χ1n) is 8.10. The summed E-state index contributed by atoms with van der Waals surface area (Å²) in [5.74, 6) is 1.22. The molecule has 1 aromatic heterocycles. The Balaban J connectivity index is 2.06. The summed E-state index contributed by atoms with van der Waals surface area (Å²) in [5.41, 5.74) is 1.12. The smallest absolute Gasteiger partial charge is 0.257 e. The third-order valence-electron chi connectivity index (χ3n) is 3.98. The molecule has 130 valence electrons. The minimum atomic E-state index is -0.0629. The molecular weight excluding hydrogens is 316 g/mol. The number of nitriles is 1. The summed E-state index contributed by atoms with van der Waals surface area (Å²) < 4.78 is 5.28. The number of likely N-dealkylation sites (N-methyl/N-ethyl adjacent to an activating group) is 2. The first kappa shape index (κ1) is 18.3. The first-order chi connectivity index (χ1) is 12.1. The van der Waals surface area contributed by atoms with Crippen molar-refractivity contribution in [3.63, 3.8) is 0 Å². The maximum Gasteiger partial charge on any atom is 0.257 e. The number of ether oxygens (including phenoxy) is 1. The Morgan fingerprint density at radius 2 is 2.04 bits per heavy atom. The minimum absolute atomic E-state index is 0.0629. The average molecular weight is 338 g/mol. The van der Waals surface area contributed by atoms with E-state index in [4.69, 9.17) is 10.00 Å². The zero-order valence-electron chi connectivity index (χ0n) is 14.8. The van der Waals surface area contributed by atoms with Crippen molar-refractivity contribution in [3.8, 4) is 11.8 Å². The van der Waals surface area contributed by atoms with E-state index in [0.717, 1.165) is 0 Å². The van der Waals surface area contributed by atoms with Crippen LogP contribution in [0, 0.1) is 11.3 Å². The van der Waals surface area contributed by atoms with E-state index in [1.54, 1.807) is 42.5 Å². The summed E-state index contributed by atoms with van der Waals surface area (Å²) in [5, 5.41) is 8.99. The van der Waals surface area contributed by atoms with Crippen molar-refractivity contribution in [2.75, 3.05) is 38.7 Å². The highest BCUT2D eigenvalue weighted by Crippen LogP contribution is 2.19. The molecule has 0 aliphatic rings. The van der Waals surface area contributed by atoms with Crippen LogP contribution in [0.5, 0.6) is 5.75 Å². The van der Waals surface area contributed by atoms with E-state index in [0.29, 0.717) is 42.3 Å². The van der Waals surface area contributed by atoms with E-state index in [-0.39, 0.29) is 5.91 Å². The summed E-state index contributed by atoms with van der Waals surface area (Å²) >= 11 is 0. The van der Waals surface area contributed by atoms with Gasteiger partial charge in [-0.05, 0) is 31.2 Å². The fraction of sp³-hybridized carbons (Fsp3) is 0.316. The van der Waals surface area contributed by atoms with Gasteiger partial charge in [0, 0.05) is 32.9 Å². The van der Waals surface area contributed by atoms with Crippen molar-refractivity contribution in [2.24, 2.45) is 0 Å². The van der Waals surface area contributed by atoms with Crippen LogP contribution in [0.1, 0.15) is 22.8 Å². The third-order valence-corrected chi connectivity index (χ3v) is 3.98. The molecule has 0 fully saturated rings. The van der Waals surface area contributed by atoms with Crippen LogP contribution >= 0.6 is 0 Å². The van der Waals surface area contributed by atoms with Crippen molar-refractivity contribution in [1.29, 1.82) is 5.26 Å². The normalized spacial score (nSPS) is 10.0. The van der Waals surface area contributed by atoms with Gasteiger partial charge in [-0.25, -0.2) is 4.98 Å². The first-order valence-corrected chi connectivity index (χ1v) is 8.10. The molecule has 0 atom stereocenters. The van der Waals surface area contributed by atoms with Crippen LogP contribution in [0.3, 0.4) is 0 Å². The zero-order chi connectivity index (χ0) is 18.2. The second-order valence-corrected chi connectivity index (χ2v) is 5.52. The van der Waals surface area contributed by atoms with Crippen LogP contribution < -0.4 is 9.64 Å². The molecule has 2 aromatic rings. The van der Waals surface area contributed by atoms with E-state index in [1.807, 2.05) is 31.0 Å². The van der Waals surface area contributed by atoms with Gasteiger partial charge in [-0.1, -0.05) is 12.1 Å². The average Bonchev–Trinajstić information content (AvgIpc) is 2.67. The molecule has 0 radical (unpaired) electrons. The number of pyridine rings is 1. The number of hydrogen-bond acceptors (Lipinski definition) is 5. The van der Waals surface area contributed by atoms with Gasteiger partial charge in [0.05, 0.1) is 24.3 Å². The van der Waals surface area contributed by atoms with Crippen LogP contribution in [0.15, 0.2) is 42.6 Å². The van der Waals surface area contributed by atoms with Gasteiger partial charge in [0.1, 0.15) is 11.6 Å². The van der Waals surface area contributed by atoms with Crippen LogP contribution in [0.25, 0.3) is 0 Å². The van der Waals surface area contributed by atoms with E-state index in [9.17, 15) is 4.79 Å². The number of aromatic nitrogens is 1. The Hall–Kier alpha value is -3.07. The number of anilines is 1. The Morgan fingerprint density at radius 3 is 2.72 bits per heavy atom. The topological polar surface area (TPSA) is 69.5 Å². The minimum Gasteiger partial charge on any atom is -0.496 e. The largest absolute Gasteiger partial charge is 0.496 e. The van der Waals surface area contributed by atoms with Crippen molar-refractivity contribution in [2.45, 2.75) is 6.92 Å². The molecule has 0 saturated heterocycles. The van der Waals surface area contributed by atoms with Gasteiger partial charge < -0.3 is 14.5 Å². The maximum absolute atomic E-state index is 12.8. The number of para-hydroxylation sites is 1. The molecule has 0 aliphatic carbocycles. The van der Waals surface area contributed by atoms with E-state index in [1.165, 1.54) is 0 Å². The molecule has 25 heavy (non-hydrogen) atoms. The Kier molecular flexibility index (Phi) is 6.35. The number of carbonyl (C=O) groups is 1. The van der Waals surface area contributed by atoms with Gasteiger partial charge in [-0.2, -0.15) is 5.26 Å². The van der Waals surface area contributed by atoms with E-state index < -0.39 is 0 Å². The molecule has 0 aliphatic heterocycles. The lowest BCUT2D eigenvalue weighted by Crippen LogP contribution is -2.37. The van der Waals surface area contributed by atoms with Gasteiger partial charge in [0.15, 0.2) is 0 Å². The molecule has 1 aromatic carbocycles. The third kappa shape index (κ3) is 4.48. The van der Waals surface area contributed by atoms with Crippen molar-refractivity contribution >= 4 is 11.7 Å². The van der Waals surface area contributed by atoms with Crippen LogP contribution in [-0.4, -0.2) is 49.6 Å². The van der Waals surface area contributed by atoms with Crippen LogP contribution in [-0.2, 0) is 0 Å². The lowest BCUT2D eigenvalue weighted by atomic mass is 10.1. The van der Waals surface area contributed by atoms with Crippen LogP contribution in [0.2, 0.25) is 0 Å². The fourth-order valence-corrected chi connectivity index (χ4v) is 2.48. The zero-order valence-corrected chi connectivity index (χ0v) is 14.8. The maximum atomic E-state index is 12.8. The predicted octanol–water partition coefficient (Wildman–Crippen LogP) is 2.56. The number of methoxy groups -OCH3 is 1. The predicted molar refractivity (Wildman–Crippen MR) is 96.8 cm³/mol. The molecule has 6 nitrogen and oxygen atoms in total. The molecular formula is C19H22N4O2. The summed E-state index contributed by atoms with van der Waals surface area (Å²) in [4.78, 5) is 20.7. The number of carbonyl (C=O) groups excluding carboxylic acids is 1. The Labute approximate surface area is 148 Å². The number of amides is 1. The summed E-state index contributed by atoms with van der Waals surface area (Å²) in [6, 6.07) is 12.7. The van der Waals surface area contributed by atoms with Gasteiger partial charge >= 0.3 is 0 Å². The highest BCUT2D eigenvalue weighted by molar-refractivity contribution is 5.96. The standard InChI is InChI=1S/C19H22N4O2/c1-4-23(19(24)16-7-5-6-8-17(16)25-3)12-11-22(2)18-13-15(14-20)9-10-21-18/h5-10,13H,4,11-12H2,1-3H3. The Morgan fingerprint density at radius 1 is 1.28 bits per heavy atom. The molecule has 0 saturated carbocycles. The summed E-state index contributed by atoms with van der Waals surface area (Å²) in [6.45, 7) is 3.69. The van der Waals surface area contributed by atoms with Crippen molar-refractivity contribution in [1.82, 2.24) is 9.88 Å². The fourth-order valence-electron chi connectivity index (χ4n) is 2.48.